The molecule has 0 heterocycles. The van der Waals surface area contributed by atoms with Crippen LogP contribution in [0.15, 0.2) is 42.5 Å². The van der Waals surface area contributed by atoms with Crippen molar-refractivity contribution in [3.8, 4) is 5.75 Å². The quantitative estimate of drug-likeness (QED) is 0.489. The molecule has 0 aromatic heterocycles. The van der Waals surface area contributed by atoms with Crippen molar-refractivity contribution in [3.63, 3.8) is 0 Å². The molecule has 2 aromatic carbocycles. The summed E-state index contributed by atoms with van der Waals surface area (Å²) < 4.78 is 5.82. The van der Waals surface area contributed by atoms with Crippen molar-refractivity contribution in [1.29, 1.82) is 0 Å². The molecule has 2 aromatic rings. The summed E-state index contributed by atoms with van der Waals surface area (Å²) in [5.74, 6) is 0.728. The molecule has 0 radical (unpaired) electrons. The molecule has 0 spiro atoms. The van der Waals surface area contributed by atoms with Gasteiger partial charge < -0.3 is 20.9 Å². The molecule has 0 bridgehead atoms. The van der Waals surface area contributed by atoms with Crippen LogP contribution in [-0.2, 0) is 13.0 Å². The number of ether oxygens (including phenoxy) is 1. The second-order valence-corrected chi connectivity index (χ2v) is 6.30. The van der Waals surface area contributed by atoms with Crippen LogP contribution in [0.5, 0.6) is 5.75 Å². The average molecular weight is 328 g/mol. The molecule has 130 valence electrons. The normalized spacial score (nSPS) is 12.1. The van der Waals surface area contributed by atoms with Crippen molar-refractivity contribution in [1.82, 2.24) is 5.32 Å². The predicted molar refractivity (Wildman–Crippen MR) is 99.2 cm³/mol. The van der Waals surface area contributed by atoms with Crippen LogP contribution in [0.2, 0.25) is 0 Å². The second-order valence-electron chi connectivity index (χ2n) is 6.30. The highest BCUT2D eigenvalue weighted by Crippen LogP contribution is 2.24. The summed E-state index contributed by atoms with van der Waals surface area (Å²) in [6.45, 7) is 5.89. The Morgan fingerprint density at radius 3 is 2.50 bits per heavy atom. The van der Waals surface area contributed by atoms with Crippen molar-refractivity contribution in [3.05, 3.63) is 59.2 Å². The zero-order chi connectivity index (χ0) is 17.4. The summed E-state index contributed by atoms with van der Waals surface area (Å²) in [7, 11) is 0. The van der Waals surface area contributed by atoms with Crippen LogP contribution in [0, 0.1) is 6.92 Å². The van der Waals surface area contributed by atoms with Gasteiger partial charge in [0.1, 0.15) is 12.4 Å². The van der Waals surface area contributed by atoms with Crippen LogP contribution in [0.1, 0.15) is 30.0 Å². The van der Waals surface area contributed by atoms with Gasteiger partial charge in [-0.1, -0.05) is 35.9 Å². The van der Waals surface area contributed by atoms with Gasteiger partial charge in [0.2, 0.25) is 0 Å². The Balaban J connectivity index is 1.80. The topological polar surface area (TPSA) is 67.5 Å². The number of rotatable bonds is 9. The van der Waals surface area contributed by atoms with Crippen molar-refractivity contribution < 1.29 is 9.84 Å². The molecular weight excluding hydrogens is 300 g/mol. The first-order chi connectivity index (χ1) is 11.5. The van der Waals surface area contributed by atoms with Crippen LogP contribution in [0.25, 0.3) is 0 Å². The van der Waals surface area contributed by atoms with Gasteiger partial charge in [-0.25, -0.2) is 0 Å². The second kappa shape index (κ2) is 9.30. The maximum Gasteiger partial charge on any atom is 0.142 e. The molecular formula is C20H28N2O2. The Hall–Kier alpha value is -2.04. The summed E-state index contributed by atoms with van der Waals surface area (Å²) >= 11 is 0. The number of aryl methyl sites for hydroxylation is 2. The summed E-state index contributed by atoms with van der Waals surface area (Å²) in [4.78, 5) is 0. The summed E-state index contributed by atoms with van der Waals surface area (Å²) in [6, 6.07) is 14.3. The summed E-state index contributed by atoms with van der Waals surface area (Å²) in [5.41, 5.74) is 10.4. The van der Waals surface area contributed by atoms with E-state index in [1.54, 1.807) is 6.92 Å². The molecule has 4 heteroatoms. The van der Waals surface area contributed by atoms with Gasteiger partial charge in [-0.2, -0.15) is 0 Å². The first-order valence-corrected chi connectivity index (χ1v) is 8.50. The fraction of sp³-hybridized carbons (Fsp3) is 0.400. The van der Waals surface area contributed by atoms with E-state index < -0.39 is 0 Å². The Labute approximate surface area is 144 Å². The zero-order valence-corrected chi connectivity index (χ0v) is 14.6. The maximum absolute atomic E-state index is 9.19. The molecule has 0 saturated heterocycles. The monoisotopic (exact) mass is 328 g/mol. The standard InChI is InChI=1S/C20H28N2O2/c1-15-5-7-18(8-6-15)14-24-20-10-9-17(12-19(20)21)4-3-11-22-13-16(2)23/h5-10,12,16,22-23H,3-4,11,13-14,21H2,1-2H3. The number of nitrogens with one attached hydrogen (secondary N) is 1. The molecule has 0 aliphatic heterocycles. The van der Waals surface area contributed by atoms with E-state index in [2.05, 4.69) is 42.6 Å². The molecule has 2 rings (SSSR count). The van der Waals surface area contributed by atoms with E-state index in [1.807, 2.05) is 12.1 Å². The molecule has 24 heavy (non-hydrogen) atoms. The van der Waals surface area contributed by atoms with Crippen LogP contribution in [0.3, 0.4) is 0 Å². The number of nitrogen functional groups attached to an aromatic ring is 1. The zero-order valence-electron chi connectivity index (χ0n) is 14.6. The first kappa shape index (κ1) is 18.3. The maximum atomic E-state index is 9.19. The van der Waals surface area contributed by atoms with E-state index in [4.69, 9.17) is 10.5 Å². The van der Waals surface area contributed by atoms with Gasteiger partial charge in [0, 0.05) is 6.54 Å². The number of benzene rings is 2. The fourth-order valence-electron chi connectivity index (χ4n) is 2.46. The minimum Gasteiger partial charge on any atom is -0.487 e. The Kier molecular flexibility index (Phi) is 7.09. The summed E-state index contributed by atoms with van der Waals surface area (Å²) in [5, 5.41) is 12.4. The molecule has 0 aliphatic rings. The largest absolute Gasteiger partial charge is 0.487 e. The van der Waals surface area contributed by atoms with Crippen molar-refractivity contribution in [2.75, 3.05) is 18.8 Å². The lowest BCUT2D eigenvalue weighted by Gasteiger charge is -2.11. The summed E-state index contributed by atoms with van der Waals surface area (Å²) in [6.07, 6.45) is 1.66. The molecule has 1 unspecified atom stereocenters. The lowest BCUT2D eigenvalue weighted by atomic mass is 10.1. The highest BCUT2D eigenvalue weighted by molar-refractivity contribution is 5.54. The molecule has 0 aliphatic carbocycles. The van der Waals surface area contributed by atoms with Gasteiger partial charge in [0.25, 0.3) is 0 Å². The molecule has 4 nitrogen and oxygen atoms in total. The van der Waals surface area contributed by atoms with Crippen LogP contribution in [-0.4, -0.2) is 24.3 Å². The third-order valence-corrected chi connectivity index (χ3v) is 3.85. The highest BCUT2D eigenvalue weighted by Gasteiger charge is 2.03. The van der Waals surface area contributed by atoms with E-state index in [0.717, 1.165) is 30.7 Å². The predicted octanol–water partition coefficient (Wildman–Crippen LogP) is 3.06. The lowest BCUT2D eigenvalue weighted by molar-refractivity contribution is 0.191. The fourth-order valence-corrected chi connectivity index (χ4v) is 2.46. The van der Waals surface area contributed by atoms with E-state index >= 15 is 0 Å². The van der Waals surface area contributed by atoms with Gasteiger partial charge in [-0.05, 0) is 56.5 Å². The molecule has 1 atom stereocenters. The van der Waals surface area contributed by atoms with E-state index in [-0.39, 0.29) is 6.10 Å². The molecule has 4 N–H and O–H groups in total. The highest BCUT2D eigenvalue weighted by atomic mass is 16.5. The van der Waals surface area contributed by atoms with Crippen molar-refractivity contribution >= 4 is 5.69 Å². The SMILES string of the molecule is Cc1ccc(COc2ccc(CCCNCC(C)O)cc2N)cc1. The van der Waals surface area contributed by atoms with Gasteiger partial charge in [0.05, 0.1) is 11.8 Å². The van der Waals surface area contributed by atoms with E-state index in [1.165, 1.54) is 11.1 Å². The van der Waals surface area contributed by atoms with Crippen molar-refractivity contribution in [2.45, 2.75) is 39.4 Å². The number of aliphatic hydroxyl groups is 1. The average Bonchev–Trinajstić information content (AvgIpc) is 2.55. The number of hydrogen-bond acceptors (Lipinski definition) is 4. The van der Waals surface area contributed by atoms with Crippen LogP contribution >= 0.6 is 0 Å². The van der Waals surface area contributed by atoms with Crippen LogP contribution in [0.4, 0.5) is 5.69 Å². The van der Waals surface area contributed by atoms with E-state index in [9.17, 15) is 5.11 Å². The van der Waals surface area contributed by atoms with Gasteiger partial charge in [-0.15, -0.1) is 0 Å². The minimum atomic E-state index is -0.300. The van der Waals surface area contributed by atoms with Crippen LogP contribution < -0.4 is 15.8 Å². The third-order valence-electron chi connectivity index (χ3n) is 3.85. The minimum absolute atomic E-state index is 0.300. The van der Waals surface area contributed by atoms with Gasteiger partial charge in [0.15, 0.2) is 0 Å². The smallest absolute Gasteiger partial charge is 0.142 e. The Morgan fingerprint density at radius 1 is 1.12 bits per heavy atom. The number of nitrogens with two attached hydrogens (primary N) is 1. The first-order valence-electron chi connectivity index (χ1n) is 8.50. The third kappa shape index (κ3) is 6.22. The van der Waals surface area contributed by atoms with Crippen molar-refractivity contribution in [2.24, 2.45) is 0 Å². The van der Waals surface area contributed by atoms with Gasteiger partial charge >= 0.3 is 0 Å². The van der Waals surface area contributed by atoms with Gasteiger partial charge in [-0.3, -0.25) is 0 Å². The number of hydrogen-bond donors (Lipinski definition) is 3. The molecule has 0 saturated carbocycles. The number of aliphatic hydroxyl groups excluding tert-OH is 1. The lowest BCUT2D eigenvalue weighted by Crippen LogP contribution is -2.25. The van der Waals surface area contributed by atoms with E-state index in [0.29, 0.717) is 18.8 Å². The molecule has 0 amide bonds. The molecule has 0 fully saturated rings. The Bertz CT molecular complexity index is 624. The Morgan fingerprint density at radius 2 is 1.83 bits per heavy atom. The number of anilines is 1.